The molecule has 4 bridgehead atoms. The van der Waals surface area contributed by atoms with Crippen molar-refractivity contribution in [1.29, 1.82) is 0 Å². The number of benzene rings is 2. The lowest BCUT2D eigenvalue weighted by Gasteiger charge is -2.61. The summed E-state index contributed by atoms with van der Waals surface area (Å²) in [5.74, 6) is 1.57. The second kappa shape index (κ2) is 8.28. The van der Waals surface area contributed by atoms with E-state index < -0.39 is 6.10 Å². The molecule has 4 saturated carbocycles. The average Bonchev–Trinajstić information content (AvgIpc) is 3.44. The van der Waals surface area contributed by atoms with E-state index in [0.717, 1.165) is 49.1 Å². The minimum absolute atomic E-state index is 0.0649. The Hall–Kier alpha value is -2.50. The quantitative estimate of drug-likeness (QED) is 0.473. The monoisotopic (exact) mass is 472 g/mol. The van der Waals surface area contributed by atoms with Crippen LogP contribution in [0.5, 0.6) is 0 Å². The van der Waals surface area contributed by atoms with Crippen LogP contribution in [0.3, 0.4) is 0 Å². The summed E-state index contributed by atoms with van der Waals surface area (Å²) in [6, 6.07) is 15.7. The molecule has 8 rings (SSSR count). The summed E-state index contributed by atoms with van der Waals surface area (Å²) >= 11 is 0. The van der Waals surface area contributed by atoms with Crippen molar-refractivity contribution in [2.24, 2.45) is 23.2 Å². The number of hydrogen-bond acceptors (Lipinski definition) is 3. The molecule has 35 heavy (non-hydrogen) atoms. The number of aliphatic hydroxyl groups excluding tert-OH is 1. The van der Waals surface area contributed by atoms with Crippen LogP contribution in [0.2, 0.25) is 0 Å². The van der Waals surface area contributed by atoms with Crippen molar-refractivity contribution in [3.8, 4) is 11.3 Å². The van der Waals surface area contributed by atoms with Crippen molar-refractivity contribution in [2.75, 3.05) is 6.61 Å². The molecule has 4 atom stereocenters. The highest BCUT2D eigenvalue weighted by atomic mass is 19.1. The molecule has 0 radical (unpaired) electrons. The topological polar surface area (TPSA) is 47.3 Å². The third kappa shape index (κ3) is 3.50. The number of hydrogen-bond donors (Lipinski definition) is 1. The molecule has 4 aliphatic carbocycles. The Morgan fingerprint density at radius 2 is 1.86 bits per heavy atom. The standard InChI is InChI=1S/C30H33FN2O2/c31-24-8-4-7-23-26-17-32-18-33(26)25(28(23)24)13-27(34)30-14-20-11-21(15-30)29(22(12-20)16-30)35-10-9-19-5-2-1-3-6-19/h1-8,17-18,20-22,25,27,29,34H,9-16H2. The molecule has 1 N–H and O–H groups in total. The zero-order chi connectivity index (χ0) is 23.6. The Morgan fingerprint density at radius 1 is 1.06 bits per heavy atom. The molecule has 182 valence electrons. The minimum atomic E-state index is -0.452. The molecular formula is C30H33FN2O2. The molecule has 1 aromatic heterocycles. The molecule has 2 aromatic carbocycles. The van der Waals surface area contributed by atoms with E-state index in [4.69, 9.17) is 4.74 Å². The Balaban J connectivity index is 1.08. The number of halogens is 1. The van der Waals surface area contributed by atoms with Gasteiger partial charge in [0.05, 0.1) is 43.1 Å². The zero-order valence-electron chi connectivity index (χ0n) is 20.0. The normalized spacial score (nSPS) is 33.0. The van der Waals surface area contributed by atoms with E-state index in [-0.39, 0.29) is 17.3 Å². The van der Waals surface area contributed by atoms with Gasteiger partial charge in [-0.05, 0) is 79.7 Å². The lowest BCUT2D eigenvalue weighted by molar-refractivity contribution is -0.189. The van der Waals surface area contributed by atoms with E-state index in [1.165, 1.54) is 18.4 Å². The number of aromatic nitrogens is 2. The first-order valence-corrected chi connectivity index (χ1v) is 13.3. The van der Waals surface area contributed by atoms with Crippen molar-refractivity contribution in [1.82, 2.24) is 9.55 Å². The van der Waals surface area contributed by atoms with Crippen LogP contribution in [0.4, 0.5) is 4.39 Å². The van der Waals surface area contributed by atoms with Crippen LogP contribution in [-0.4, -0.2) is 33.5 Å². The summed E-state index contributed by atoms with van der Waals surface area (Å²) in [5.41, 5.74) is 3.85. The molecule has 4 nitrogen and oxygen atoms in total. The van der Waals surface area contributed by atoms with Crippen LogP contribution in [0.1, 0.15) is 55.7 Å². The second-order valence-electron chi connectivity index (χ2n) is 11.6. The number of ether oxygens (including phenoxy) is 1. The molecule has 0 saturated heterocycles. The molecule has 0 spiro atoms. The van der Waals surface area contributed by atoms with Gasteiger partial charge in [0.15, 0.2) is 0 Å². The van der Waals surface area contributed by atoms with Crippen LogP contribution in [0.15, 0.2) is 61.1 Å². The molecule has 3 aromatic rings. The third-order valence-electron chi connectivity index (χ3n) is 9.60. The molecule has 1 aliphatic heterocycles. The van der Waals surface area contributed by atoms with Crippen molar-refractivity contribution in [3.63, 3.8) is 0 Å². The maximum atomic E-state index is 15.0. The first kappa shape index (κ1) is 21.8. The summed E-state index contributed by atoms with van der Waals surface area (Å²) < 4.78 is 23.6. The van der Waals surface area contributed by atoms with Gasteiger partial charge in [-0.3, -0.25) is 0 Å². The first-order valence-electron chi connectivity index (χ1n) is 13.3. The van der Waals surface area contributed by atoms with Crippen molar-refractivity contribution >= 4 is 0 Å². The fourth-order valence-electron chi connectivity index (χ4n) is 8.37. The van der Waals surface area contributed by atoms with E-state index in [1.54, 1.807) is 18.5 Å². The lowest BCUT2D eigenvalue weighted by atomic mass is 9.46. The lowest BCUT2D eigenvalue weighted by Crippen LogP contribution is -2.58. The molecule has 4 unspecified atom stereocenters. The van der Waals surface area contributed by atoms with Crippen molar-refractivity contribution < 1.29 is 14.2 Å². The first-order chi connectivity index (χ1) is 17.1. The molecule has 2 heterocycles. The molecule has 5 aliphatic rings. The highest BCUT2D eigenvalue weighted by molar-refractivity contribution is 5.69. The summed E-state index contributed by atoms with van der Waals surface area (Å²) in [6.07, 6.45) is 10.6. The van der Waals surface area contributed by atoms with Crippen LogP contribution in [0, 0.1) is 29.0 Å². The Morgan fingerprint density at radius 3 is 2.66 bits per heavy atom. The van der Waals surface area contributed by atoms with Gasteiger partial charge in [0.2, 0.25) is 0 Å². The summed E-state index contributed by atoms with van der Waals surface area (Å²) in [6.45, 7) is 0.767. The maximum Gasteiger partial charge on any atom is 0.129 e. The summed E-state index contributed by atoms with van der Waals surface area (Å²) in [4.78, 5) is 4.32. The van der Waals surface area contributed by atoms with Gasteiger partial charge in [0.1, 0.15) is 5.82 Å². The van der Waals surface area contributed by atoms with Gasteiger partial charge in [-0.15, -0.1) is 0 Å². The SMILES string of the molecule is OC(CC1c2c(F)cccc2-c2cncn21)C12CC3CC(C1)C(OCCc1ccccc1)C(C3)C2. The van der Waals surface area contributed by atoms with E-state index in [9.17, 15) is 9.50 Å². The van der Waals surface area contributed by atoms with Crippen LogP contribution >= 0.6 is 0 Å². The molecule has 4 fully saturated rings. The predicted octanol–water partition coefficient (Wildman–Crippen LogP) is 5.80. The third-order valence-corrected chi connectivity index (χ3v) is 9.60. The Bertz CT molecular complexity index is 1210. The van der Waals surface area contributed by atoms with Gasteiger partial charge in [-0.2, -0.15) is 0 Å². The largest absolute Gasteiger partial charge is 0.392 e. The second-order valence-corrected chi connectivity index (χ2v) is 11.6. The van der Waals surface area contributed by atoms with E-state index in [0.29, 0.717) is 30.3 Å². The van der Waals surface area contributed by atoms with Crippen LogP contribution in [-0.2, 0) is 11.2 Å². The van der Waals surface area contributed by atoms with Crippen LogP contribution in [0.25, 0.3) is 11.3 Å². The molecular weight excluding hydrogens is 439 g/mol. The van der Waals surface area contributed by atoms with Gasteiger partial charge in [-0.1, -0.05) is 42.5 Å². The number of nitrogens with zero attached hydrogens (tertiary/aromatic N) is 2. The predicted molar refractivity (Wildman–Crippen MR) is 132 cm³/mol. The maximum absolute atomic E-state index is 15.0. The molecule has 5 heteroatoms. The number of aliphatic hydroxyl groups is 1. The van der Waals surface area contributed by atoms with Gasteiger partial charge in [0.25, 0.3) is 0 Å². The minimum Gasteiger partial charge on any atom is -0.392 e. The fraction of sp³-hybridized carbons (Fsp3) is 0.500. The van der Waals surface area contributed by atoms with Crippen LogP contribution < -0.4 is 0 Å². The highest BCUT2D eigenvalue weighted by Crippen LogP contribution is 2.63. The van der Waals surface area contributed by atoms with Gasteiger partial charge < -0.3 is 14.4 Å². The number of imidazole rings is 1. The number of rotatable bonds is 7. The zero-order valence-corrected chi connectivity index (χ0v) is 20.0. The highest BCUT2D eigenvalue weighted by Gasteiger charge is 2.58. The van der Waals surface area contributed by atoms with Gasteiger partial charge >= 0.3 is 0 Å². The van der Waals surface area contributed by atoms with Gasteiger partial charge in [-0.25, -0.2) is 9.37 Å². The van der Waals surface area contributed by atoms with Crippen molar-refractivity contribution in [3.05, 3.63) is 78.0 Å². The molecule has 0 amide bonds. The fourth-order valence-corrected chi connectivity index (χ4v) is 8.37. The average molecular weight is 473 g/mol. The van der Waals surface area contributed by atoms with Gasteiger partial charge in [0, 0.05) is 11.1 Å². The Labute approximate surface area is 206 Å². The van der Waals surface area contributed by atoms with E-state index >= 15 is 0 Å². The summed E-state index contributed by atoms with van der Waals surface area (Å²) in [5, 5.41) is 11.8. The van der Waals surface area contributed by atoms with E-state index in [1.807, 2.05) is 12.3 Å². The van der Waals surface area contributed by atoms with E-state index in [2.05, 4.69) is 39.9 Å². The van der Waals surface area contributed by atoms with Crippen molar-refractivity contribution in [2.45, 2.75) is 63.2 Å². The Kier molecular flexibility index (Phi) is 5.15. The smallest absolute Gasteiger partial charge is 0.129 e. The summed E-state index contributed by atoms with van der Waals surface area (Å²) in [7, 11) is 0. The number of fused-ring (bicyclic) bond motifs is 3.